The van der Waals surface area contributed by atoms with Crippen LogP contribution in [0.5, 0.6) is 0 Å². The number of oxazole rings is 1. The molecule has 0 bridgehead atoms. The monoisotopic (exact) mass is 450 g/mol. The molecule has 31 heavy (non-hydrogen) atoms. The number of hydrogen-bond acceptors (Lipinski definition) is 6. The molecule has 2 amide bonds. The van der Waals surface area contributed by atoms with E-state index in [9.17, 15) is 14.7 Å². The lowest BCUT2D eigenvalue weighted by Crippen LogP contribution is -2.54. The normalized spacial score (nSPS) is 19.6. The zero-order chi connectivity index (χ0) is 22.1. The Morgan fingerprint density at radius 2 is 1.97 bits per heavy atom. The highest BCUT2D eigenvalue weighted by Gasteiger charge is 2.42. The number of aryl methyl sites for hydroxylation is 1. The van der Waals surface area contributed by atoms with Crippen LogP contribution in [0.1, 0.15) is 38.4 Å². The summed E-state index contributed by atoms with van der Waals surface area (Å²) in [6, 6.07) is 6.15. The van der Waals surface area contributed by atoms with Crippen molar-refractivity contribution in [3.05, 3.63) is 41.9 Å². The molecule has 0 saturated carbocycles. The zero-order valence-corrected chi connectivity index (χ0v) is 19.1. The van der Waals surface area contributed by atoms with Crippen molar-refractivity contribution in [2.24, 2.45) is 11.1 Å². The summed E-state index contributed by atoms with van der Waals surface area (Å²) in [5, 5.41) is 12.9. The maximum Gasteiger partial charge on any atom is 0.243 e. The van der Waals surface area contributed by atoms with Crippen LogP contribution in [0.25, 0.3) is 11.3 Å². The highest BCUT2D eigenvalue weighted by Crippen LogP contribution is 2.25. The van der Waals surface area contributed by atoms with Gasteiger partial charge in [0.15, 0.2) is 12.2 Å². The molecule has 170 valence electrons. The van der Waals surface area contributed by atoms with E-state index in [0.29, 0.717) is 6.54 Å². The Morgan fingerprint density at radius 3 is 2.52 bits per heavy atom. The van der Waals surface area contributed by atoms with Crippen molar-refractivity contribution in [2.75, 3.05) is 6.54 Å². The molecule has 1 aromatic heterocycles. The van der Waals surface area contributed by atoms with E-state index in [1.165, 1.54) is 11.3 Å². The quantitative estimate of drug-likeness (QED) is 0.640. The number of aliphatic hydroxyl groups excluding tert-OH is 1. The molecule has 8 nitrogen and oxygen atoms in total. The molecule has 9 heteroatoms. The molecule has 0 spiro atoms. The van der Waals surface area contributed by atoms with Gasteiger partial charge in [-0.1, -0.05) is 45.0 Å². The Labute approximate surface area is 188 Å². The van der Waals surface area contributed by atoms with Gasteiger partial charge in [0, 0.05) is 25.1 Å². The fourth-order valence-electron chi connectivity index (χ4n) is 3.51. The van der Waals surface area contributed by atoms with E-state index in [4.69, 9.17) is 10.2 Å². The van der Waals surface area contributed by atoms with Crippen molar-refractivity contribution in [3.8, 4) is 11.3 Å². The average Bonchev–Trinajstić information content (AvgIpc) is 3.30. The predicted molar refractivity (Wildman–Crippen MR) is 119 cm³/mol. The molecule has 0 unspecified atom stereocenters. The van der Waals surface area contributed by atoms with Crippen molar-refractivity contribution < 1.29 is 19.1 Å². The zero-order valence-electron chi connectivity index (χ0n) is 18.3. The third-order valence-electron chi connectivity index (χ3n) is 5.49. The van der Waals surface area contributed by atoms with Crippen molar-refractivity contribution in [2.45, 2.75) is 58.8 Å². The van der Waals surface area contributed by atoms with Crippen LogP contribution in [-0.4, -0.2) is 51.5 Å². The Morgan fingerprint density at radius 1 is 1.32 bits per heavy atom. The first-order valence-corrected chi connectivity index (χ1v) is 10.1. The van der Waals surface area contributed by atoms with Crippen LogP contribution in [0, 0.1) is 12.3 Å². The molecule has 1 fully saturated rings. The minimum atomic E-state index is -0.745. The van der Waals surface area contributed by atoms with Crippen LogP contribution in [0.15, 0.2) is 35.1 Å². The third kappa shape index (κ3) is 5.64. The van der Waals surface area contributed by atoms with E-state index >= 15 is 0 Å². The Kier molecular flexibility index (Phi) is 7.86. The van der Waals surface area contributed by atoms with Gasteiger partial charge in [-0.2, -0.15) is 0 Å². The number of benzene rings is 1. The number of hydrogen-bond donors (Lipinski definition) is 3. The van der Waals surface area contributed by atoms with E-state index in [1.807, 2.05) is 52.0 Å². The number of aromatic nitrogens is 1. The van der Waals surface area contributed by atoms with Crippen molar-refractivity contribution in [3.63, 3.8) is 0 Å². The fourth-order valence-corrected chi connectivity index (χ4v) is 3.51. The van der Waals surface area contributed by atoms with E-state index in [0.717, 1.165) is 22.6 Å². The van der Waals surface area contributed by atoms with Crippen LogP contribution >= 0.6 is 12.4 Å². The summed E-state index contributed by atoms with van der Waals surface area (Å²) >= 11 is 0. The van der Waals surface area contributed by atoms with Crippen LogP contribution in [0.2, 0.25) is 0 Å². The average molecular weight is 451 g/mol. The lowest BCUT2D eigenvalue weighted by Gasteiger charge is -2.32. The van der Waals surface area contributed by atoms with Gasteiger partial charge >= 0.3 is 0 Å². The van der Waals surface area contributed by atoms with Gasteiger partial charge in [-0.15, -0.1) is 12.4 Å². The van der Waals surface area contributed by atoms with Crippen molar-refractivity contribution >= 4 is 24.2 Å². The standard InChI is InChI=1S/C22H30N4O4.ClH/c1-13-18(30-12-25-13)15-7-5-14(6-8-15)10-24-20(28)17-9-16(27)11-26(17)21(29)19(23)22(2,3)4;/h5-8,12,16-17,19,27H,9-11,23H2,1-4H3,(H,24,28);1H/t16-,17+,19-;/m1./s1. The summed E-state index contributed by atoms with van der Waals surface area (Å²) < 4.78 is 5.39. The van der Waals surface area contributed by atoms with Gasteiger partial charge < -0.3 is 25.5 Å². The van der Waals surface area contributed by atoms with Crippen molar-refractivity contribution in [1.29, 1.82) is 0 Å². The number of amides is 2. The molecular formula is C22H31ClN4O4. The number of halogens is 1. The summed E-state index contributed by atoms with van der Waals surface area (Å²) in [6.07, 6.45) is 0.882. The lowest BCUT2D eigenvalue weighted by atomic mass is 9.86. The molecule has 2 heterocycles. The van der Waals surface area contributed by atoms with Gasteiger partial charge in [-0.25, -0.2) is 4.98 Å². The molecule has 0 aliphatic carbocycles. The Hall–Kier alpha value is -2.42. The van der Waals surface area contributed by atoms with E-state index in [-0.39, 0.29) is 37.2 Å². The van der Waals surface area contributed by atoms with E-state index < -0.39 is 23.6 Å². The highest BCUT2D eigenvalue weighted by molar-refractivity contribution is 5.90. The van der Waals surface area contributed by atoms with Crippen molar-refractivity contribution in [1.82, 2.24) is 15.2 Å². The van der Waals surface area contributed by atoms with Crippen LogP contribution in [0.3, 0.4) is 0 Å². The maximum atomic E-state index is 12.8. The second kappa shape index (κ2) is 9.80. The summed E-state index contributed by atoms with van der Waals surface area (Å²) in [5.74, 6) is 0.108. The van der Waals surface area contributed by atoms with Gasteiger partial charge in [-0.05, 0) is 17.9 Å². The molecule has 3 atom stereocenters. The second-order valence-electron chi connectivity index (χ2n) is 8.92. The van der Waals surface area contributed by atoms with Gasteiger partial charge in [0.1, 0.15) is 6.04 Å². The van der Waals surface area contributed by atoms with Gasteiger partial charge in [-0.3, -0.25) is 9.59 Å². The predicted octanol–water partition coefficient (Wildman–Crippen LogP) is 2.02. The summed E-state index contributed by atoms with van der Waals surface area (Å²) in [5.41, 5.74) is 8.29. The molecule has 2 aromatic rings. The van der Waals surface area contributed by atoms with Crippen LogP contribution in [0.4, 0.5) is 0 Å². The van der Waals surface area contributed by atoms with Crippen LogP contribution in [-0.2, 0) is 16.1 Å². The largest absolute Gasteiger partial charge is 0.443 e. The first-order valence-electron chi connectivity index (χ1n) is 10.1. The minimum Gasteiger partial charge on any atom is -0.443 e. The summed E-state index contributed by atoms with van der Waals surface area (Å²) in [4.78, 5) is 31.1. The lowest BCUT2D eigenvalue weighted by molar-refractivity contribution is -0.141. The maximum absolute atomic E-state index is 12.8. The number of nitrogens with two attached hydrogens (primary N) is 1. The summed E-state index contributed by atoms with van der Waals surface area (Å²) in [7, 11) is 0. The first kappa shape index (κ1) is 24.8. The number of nitrogens with zero attached hydrogens (tertiary/aromatic N) is 2. The molecule has 1 aromatic carbocycles. The topological polar surface area (TPSA) is 122 Å². The number of β-amino-alcohol motifs (C(OH)–C–C–N with tert-alkyl or cyclic N) is 1. The van der Waals surface area contributed by atoms with Crippen LogP contribution < -0.4 is 11.1 Å². The second-order valence-corrected chi connectivity index (χ2v) is 8.92. The number of carbonyl (C=O) groups excluding carboxylic acids is 2. The summed E-state index contributed by atoms with van der Waals surface area (Å²) in [6.45, 7) is 7.94. The van der Waals surface area contributed by atoms with E-state index in [2.05, 4.69) is 10.3 Å². The molecule has 0 radical (unpaired) electrons. The first-order chi connectivity index (χ1) is 14.1. The Balaban J connectivity index is 0.00000341. The van der Waals surface area contributed by atoms with Gasteiger partial charge in [0.05, 0.1) is 17.8 Å². The molecule has 1 saturated heterocycles. The number of carbonyl (C=O) groups is 2. The molecule has 1 aliphatic rings. The molecule has 1 aliphatic heterocycles. The SMILES string of the molecule is Cc1ncoc1-c1ccc(CNC(=O)[C@@H]2C[C@@H](O)CN2C(=O)[C@@H](N)C(C)(C)C)cc1.Cl. The number of rotatable bonds is 5. The highest BCUT2D eigenvalue weighted by atomic mass is 35.5. The smallest absolute Gasteiger partial charge is 0.243 e. The minimum absolute atomic E-state index is 0. The number of nitrogens with one attached hydrogen (secondary N) is 1. The molecule has 4 N–H and O–H groups in total. The Bertz CT molecular complexity index is 907. The fraction of sp³-hybridized carbons (Fsp3) is 0.500. The molecular weight excluding hydrogens is 420 g/mol. The molecule has 3 rings (SSSR count). The number of aliphatic hydroxyl groups is 1. The van der Waals surface area contributed by atoms with E-state index in [1.54, 1.807) is 0 Å². The van der Waals surface area contributed by atoms with Gasteiger partial charge in [0.2, 0.25) is 11.8 Å². The van der Waals surface area contributed by atoms with Gasteiger partial charge in [0.25, 0.3) is 0 Å². The third-order valence-corrected chi connectivity index (χ3v) is 5.49. The number of likely N-dealkylation sites (tertiary alicyclic amines) is 1.